The van der Waals surface area contributed by atoms with Crippen LogP contribution in [-0.2, 0) is 19.1 Å². The molecule has 0 heterocycles. The third kappa shape index (κ3) is 3.42. The van der Waals surface area contributed by atoms with Crippen molar-refractivity contribution in [3.8, 4) is 0 Å². The molecule has 0 aliphatic heterocycles. The number of hydrogen-bond donors (Lipinski definition) is 0. The van der Waals surface area contributed by atoms with Crippen LogP contribution >= 0.6 is 0 Å². The van der Waals surface area contributed by atoms with Crippen molar-refractivity contribution in [2.24, 2.45) is 34.5 Å². The maximum atomic E-state index is 12.8. The van der Waals surface area contributed by atoms with Gasteiger partial charge >= 0.3 is 0 Å². The molecule has 0 N–H and O–H groups in total. The first-order chi connectivity index (χ1) is 14.6. The smallest absolute Gasteiger partial charge is 0.297 e. The summed E-state index contributed by atoms with van der Waals surface area (Å²) in [5.74, 6) is 2.92. The minimum atomic E-state index is -3.72. The fourth-order valence-corrected chi connectivity index (χ4v) is 9.13. The van der Waals surface area contributed by atoms with E-state index in [1.54, 1.807) is 12.1 Å². The lowest BCUT2D eigenvalue weighted by molar-refractivity contribution is -0.141. The third-order valence-corrected chi connectivity index (χ3v) is 11.3. The minimum absolute atomic E-state index is 0.0766. The number of rotatable bonds is 3. The van der Waals surface area contributed by atoms with E-state index >= 15 is 0 Å². The SMILES string of the molecule is Cc1ccc(S(=O)(=O)O[C@H]2CC[C@@]3(C)[C@H](CC[C@@H]4[C@H]5CCC(=O)[C@@]5(C)CC[C@@H]43)C2)cc1. The highest BCUT2D eigenvalue weighted by Gasteiger charge is 2.60. The van der Waals surface area contributed by atoms with Crippen LogP contribution in [0.15, 0.2) is 29.2 Å². The summed E-state index contributed by atoms with van der Waals surface area (Å²) in [4.78, 5) is 12.9. The van der Waals surface area contributed by atoms with Crippen molar-refractivity contribution in [1.82, 2.24) is 0 Å². The summed E-state index contributed by atoms with van der Waals surface area (Å²) in [7, 11) is -3.72. The van der Waals surface area contributed by atoms with Crippen LogP contribution in [0.4, 0.5) is 0 Å². The number of carbonyl (C=O) groups is 1. The maximum Gasteiger partial charge on any atom is 0.297 e. The first kappa shape index (κ1) is 21.6. The van der Waals surface area contributed by atoms with Crippen molar-refractivity contribution < 1.29 is 17.4 Å². The van der Waals surface area contributed by atoms with E-state index in [-0.39, 0.29) is 21.8 Å². The quantitative estimate of drug-likeness (QED) is 0.563. The largest absolute Gasteiger partial charge is 0.299 e. The van der Waals surface area contributed by atoms with Crippen molar-refractivity contribution >= 4 is 15.9 Å². The van der Waals surface area contributed by atoms with E-state index in [9.17, 15) is 13.2 Å². The summed E-state index contributed by atoms with van der Waals surface area (Å²) in [5, 5.41) is 0. The molecule has 4 nitrogen and oxygen atoms in total. The molecular weight excluding hydrogens is 408 g/mol. The molecule has 170 valence electrons. The van der Waals surface area contributed by atoms with Crippen molar-refractivity contribution in [3.05, 3.63) is 29.8 Å². The van der Waals surface area contributed by atoms with Crippen molar-refractivity contribution in [1.29, 1.82) is 0 Å². The van der Waals surface area contributed by atoms with Gasteiger partial charge in [0.2, 0.25) is 0 Å². The summed E-state index contributed by atoms with van der Waals surface area (Å²) in [6.07, 6.45) is 8.85. The Balaban J connectivity index is 1.30. The van der Waals surface area contributed by atoms with Crippen molar-refractivity contribution in [3.63, 3.8) is 0 Å². The predicted molar refractivity (Wildman–Crippen MR) is 120 cm³/mol. The Labute approximate surface area is 187 Å². The van der Waals surface area contributed by atoms with Gasteiger partial charge in [-0.05, 0) is 99.5 Å². The summed E-state index contributed by atoms with van der Waals surface area (Å²) >= 11 is 0. The van der Waals surface area contributed by atoms with Crippen LogP contribution in [0, 0.1) is 41.4 Å². The van der Waals surface area contributed by atoms with Gasteiger partial charge in [-0.2, -0.15) is 8.42 Å². The summed E-state index contributed by atoms with van der Waals surface area (Å²) in [5.41, 5.74) is 1.22. The number of Topliss-reactive ketones (excluding diaryl/α,β-unsaturated/α-hetero) is 1. The third-order valence-electron chi connectivity index (χ3n) is 9.90. The van der Waals surface area contributed by atoms with E-state index < -0.39 is 10.1 Å². The molecule has 1 aromatic rings. The van der Waals surface area contributed by atoms with Gasteiger partial charge in [0, 0.05) is 11.8 Å². The van der Waals surface area contributed by atoms with Gasteiger partial charge in [-0.1, -0.05) is 31.5 Å². The van der Waals surface area contributed by atoms with Crippen molar-refractivity contribution in [2.45, 2.75) is 89.6 Å². The van der Waals surface area contributed by atoms with Crippen LogP contribution in [0.2, 0.25) is 0 Å². The first-order valence-corrected chi connectivity index (χ1v) is 13.6. The van der Waals surface area contributed by atoms with Crippen LogP contribution in [0.5, 0.6) is 0 Å². The Bertz CT molecular complexity index is 968. The second-order valence-corrected chi connectivity index (χ2v) is 12.9. The zero-order chi connectivity index (χ0) is 22.0. The number of benzene rings is 1. The molecule has 0 bridgehead atoms. The highest BCUT2D eigenvalue weighted by atomic mass is 32.2. The van der Waals surface area contributed by atoms with Crippen LogP contribution < -0.4 is 0 Å². The lowest BCUT2D eigenvalue weighted by atomic mass is 9.45. The Kier molecular flexibility index (Phi) is 5.17. The van der Waals surface area contributed by atoms with Gasteiger partial charge in [-0.3, -0.25) is 8.98 Å². The second kappa shape index (κ2) is 7.41. The molecule has 4 fully saturated rings. The van der Waals surface area contributed by atoms with Crippen LogP contribution in [0.3, 0.4) is 0 Å². The zero-order valence-corrected chi connectivity index (χ0v) is 19.9. The molecule has 4 aliphatic rings. The lowest BCUT2D eigenvalue weighted by Crippen LogP contribution is -2.54. The fraction of sp³-hybridized carbons (Fsp3) is 0.731. The number of hydrogen-bond acceptors (Lipinski definition) is 4. The molecule has 0 aromatic heterocycles. The molecule has 4 saturated carbocycles. The van der Waals surface area contributed by atoms with Crippen molar-refractivity contribution in [2.75, 3.05) is 0 Å². The molecule has 0 unspecified atom stereocenters. The van der Waals surface area contributed by atoms with Gasteiger partial charge in [-0.25, -0.2) is 0 Å². The molecule has 0 saturated heterocycles. The van der Waals surface area contributed by atoms with E-state index in [0.29, 0.717) is 29.5 Å². The summed E-state index contributed by atoms with van der Waals surface area (Å²) in [6.45, 7) is 6.64. The molecule has 0 radical (unpaired) electrons. The molecule has 0 amide bonds. The average molecular weight is 445 g/mol. The molecule has 0 spiro atoms. The number of ketones is 1. The molecule has 7 atom stereocenters. The predicted octanol–water partition coefficient (Wildman–Crippen LogP) is 5.68. The van der Waals surface area contributed by atoms with E-state index in [1.807, 2.05) is 19.1 Å². The minimum Gasteiger partial charge on any atom is -0.299 e. The number of carbonyl (C=O) groups excluding carboxylic acids is 1. The second-order valence-electron chi connectivity index (χ2n) is 11.3. The first-order valence-electron chi connectivity index (χ1n) is 12.2. The standard InChI is InChI=1S/C26H36O4S/c1-17-4-7-20(8-5-17)31(28,29)30-19-12-14-25(2)18(16-19)6-9-21-22-10-11-24(27)26(22,3)15-13-23(21)25/h4-5,7-8,18-19,21-23H,6,9-16H2,1-3H3/t18-,19+,21-,22-,23+,25+,26+/m1/s1. The Hall–Kier alpha value is -1.20. The summed E-state index contributed by atoms with van der Waals surface area (Å²) < 4.78 is 31.4. The molecule has 1 aromatic carbocycles. The van der Waals surface area contributed by atoms with Crippen LogP contribution in [0.25, 0.3) is 0 Å². The maximum absolute atomic E-state index is 12.8. The Morgan fingerprint density at radius 3 is 2.42 bits per heavy atom. The monoisotopic (exact) mass is 444 g/mol. The topological polar surface area (TPSA) is 60.4 Å². The van der Waals surface area contributed by atoms with Crippen LogP contribution in [0.1, 0.15) is 77.2 Å². The summed E-state index contributed by atoms with van der Waals surface area (Å²) in [6, 6.07) is 6.93. The normalized spacial score (nSPS) is 42.5. The molecule has 4 aliphatic carbocycles. The number of aryl methyl sites for hydroxylation is 1. The van der Waals surface area contributed by atoms with Gasteiger partial charge in [-0.15, -0.1) is 0 Å². The van der Waals surface area contributed by atoms with Gasteiger partial charge in [0.1, 0.15) is 5.78 Å². The van der Waals surface area contributed by atoms with E-state index in [4.69, 9.17) is 4.18 Å². The molecule has 5 rings (SSSR count). The van der Waals surface area contributed by atoms with Gasteiger partial charge in [0.15, 0.2) is 0 Å². The molecule has 31 heavy (non-hydrogen) atoms. The Morgan fingerprint density at radius 1 is 0.935 bits per heavy atom. The number of fused-ring (bicyclic) bond motifs is 5. The molecular formula is C26H36O4S. The van der Waals surface area contributed by atoms with E-state index in [1.165, 1.54) is 6.42 Å². The highest BCUT2D eigenvalue weighted by Crippen LogP contribution is 2.65. The van der Waals surface area contributed by atoms with Gasteiger partial charge in [0.05, 0.1) is 11.0 Å². The fourth-order valence-electron chi connectivity index (χ4n) is 8.02. The average Bonchev–Trinajstić information content (AvgIpc) is 3.03. The van der Waals surface area contributed by atoms with E-state index in [0.717, 1.165) is 56.9 Å². The Morgan fingerprint density at radius 2 is 1.68 bits per heavy atom. The van der Waals surface area contributed by atoms with Crippen LogP contribution in [-0.4, -0.2) is 20.3 Å². The highest BCUT2D eigenvalue weighted by molar-refractivity contribution is 7.86. The van der Waals surface area contributed by atoms with Gasteiger partial charge in [0.25, 0.3) is 10.1 Å². The van der Waals surface area contributed by atoms with Gasteiger partial charge < -0.3 is 0 Å². The van der Waals surface area contributed by atoms with E-state index in [2.05, 4.69) is 13.8 Å². The zero-order valence-electron chi connectivity index (χ0n) is 19.1. The lowest BCUT2D eigenvalue weighted by Gasteiger charge is -2.60. The molecule has 5 heteroatoms.